The van der Waals surface area contributed by atoms with E-state index >= 15 is 0 Å². The van der Waals surface area contributed by atoms with Crippen LogP contribution in [0.3, 0.4) is 0 Å². The molecule has 0 aliphatic carbocycles. The van der Waals surface area contributed by atoms with Crippen LogP contribution in [0.4, 0.5) is 18.3 Å². The summed E-state index contributed by atoms with van der Waals surface area (Å²) >= 11 is 0.683. The Bertz CT molecular complexity index is 519. The van der Waals surface area contributed by atoms with Gasteiger partial charge in [0.1, 0.15) is 12.2 Å². The molecule has 2 aromatic heterocycles. The summed E-state index contributed by atoms with van der Waals surface area (Å²) in [6.07, 6.45) is -2.40. The fourth-order valence-electron chi connectivity index (χ4n) is 1.23. The monoisotopic (exact) mass is 278 g/mol. The summed E-state index contributed by atoms with van der Waals surface area (Å²) in [5, 5.41) is 10.5. The van der Waals surface area contributed by atoms with E-state index in [9.17, 15) is 13.2 Å². The van der Waals surface area contributed by atoms with Crippen molar-refractivity contribution in [2.24, 2.45) is 7.05 Å². The lowest BCUT2D eigenvalue weighted by molar-refractivity contribution is -0.144. The number of nitrogens with one attached hydrogen (secondary N) is 1. The molecule has 6 nitrogen and oxygen atoms in total. The zero-order valence-corrected chi connectivity index (χ0v) is 10.1. The van der Waals surface area contributed by atoms with E-state index in [-0.39, 0.29) is 5.13 Å². The summed E-state index contributed by atoms with van der Waals surface area (Å²) in [5.74, 6) is -0.378. The molecular formula is C8H9F3N6S. The lowest BCUT2D eigenvalue weighted by Crippen LogP contribution is -2.10. The van der Waals surface area contributed by atoms with E-state index in [0.29, 0.717) is 24.5 Å². The van der Waals surface area contributed by atoms with Crippen LogP contribution in [0, 0.1) is 0 Å². The van der Waals surface area contributed by atoms with E-state index in [0.717, 1.165) is 5.82 Å². The van der Waals surface area contributed by atoms with Gasteiger partial charge in [-0.05, 0) is 0 Å². The first-order valence-corrected chi connectivity index (χ1v) is 5.72. The Hall–Kier alpha value is -1.71. The van der Waals surface area contributed by atoms with Gasteiger partial charge in [0.05, 0.1) is 0 Å². The van der Waals surface area contributed by atoms with Gasteiger partial charge in [0.15, 0.2) is 0 Å². The van der Waals surface area contributed by atoms with E-state index in [1.54, 1.807) is 17.9 Å². The van der Waals surface area contributed by atoms with Crippen LogP contribution in [0.15, 0.2) is 6.33 Å². The Morgan fingerprint density at radius 2 is 2.22 bits per heavy atom. The van der Waals surface area contributed by atoms with Crippen LogP contribution in [-0.4, -0.2) is 30.7 Å². The van der Waals surface area contributed by atoms with Crippen LogP contribution in [-0.2, 0) is 19.6 Å². The number of aromatic nitrogens is 5. The van der Waals surface area contributed by atoms with Crippen molar-refractivity contribution < 1.29 is 13.2 Å². The fourth-order valence-corrected chi connectivity index (χ4v) is 1.84. The SMILES string of the molecule is Cn1cnnc1CCNc1nc(C(F)(F)F)ns1. The molecule has 0 aliphatic rings. The van der Waals surface area contributed by atoms with Gasteiger partial charge >= 0.3 is 6.18 Å². The summed E-state index contributed by atoms with van der Waals surface area (Å²) in [5.41, 5.74) is 0. The highest BCUT2D eigenvalue weighted by Crippen LogP contribution is 2.28. The molecule has 98 valence electrons. The van der Waals surface area contributed by atoms with Gasteiger partial charge in [-0.2, -0.15) is 22.5 Å². The standard InChI is InChI=1S/C8H9F3N6S/c1-17-4-13-15-5(17)2-3-12-7-14-6(16-18-7)8(9,10)11/h4H,2-3H2,1H3,(H,12,14,16). The molecule has 0 aliphatic heterocycles. The molecule has 0 amide bonds. The first-order valence-electron chi connectivity index (χ1n) is 4.94. The second kappa shape index (κ2) is 4.88. The third kappa shape index (κ3) is 2.94. The molecule has 0 aromatic carbocycles. The quantitative estimate of drug-likeness (QED) is 0.914. The molecule has 1 N–H and O–H groups in total. The van der Waals surface area contributed by atoms with E-state index in [1.807, 2.05) is 0 Å². The normalized spacial score (nSPS) is 11.8. The Kier molecular flexibility index (Phi) is 3.45. The van der Waals surface area contributed by atoms with E-state index in [1.165, 1.54) is 0 Å². The van der Waals surface area contributed by atoms with Gasteiger partial charge in [0, 0.05) is 31.5 Å². The van der Waals surface area contributed by atoms with Crippen LogP contribution < -0.4 is 5.32 Å². The second-order valence-electron chi connectivity index (χ2n) is 3.46. The number of aryl methyl sites for hydroxylation is 1. The number of hydrogen-bond donors (Lipinski definition) is 1. The maximum atomic E-state index is 12.2. The Labute approximate surface area is 104 Å². The minimum absolute atomic E-state index is 0.143. The van der Waals surface area contributed by atoms with E-state index in [4.69, 9.17) is 0 Å². The number of anilines is 1. The van der Waals surface area contributed by atoms with Gasteiger partial charge in [0.25, 0.3) is 0 Å². The molecule has 2 heterocycles. The molecule has 0 radical (unpaired) electrons. The zero-order valence-electron chi connectivity index (χ0n) is 9.27. The van der Waals surface area contributed by atoms with Crippen LogP contribution in [0.2, 0.25) is 0 Å². The molecular weight excluding hydrogens is 269 g/mol. The Morgan fingerprint density at radius 3 is 2.78 bits per heavy atom. The van der Waals surface area contributed by atoms with Gasteiger partial charge < -0.3 is 9.88 Å². The first-order chi connectivity index (χ1) is 8.47. The lowest BCUT2D eigenvalue weighted by atomic mass is 10.4. The third-order valence-electron chi connectivity index (χ3n) is 2.11. The van der Waals surface area contributed by atoms with Crippen molar-refractivity contribution in [3.05, 3.63) is 18.0 Å². The highest BCUT2D eigenvalue weighted by molar-refractivity contribution is 7.09. The number of hydrogen-bond acceptors (Lipinski definition) is 6. The highest BCUT2D eigenvalue weighted by Gasteiger charge is 2.36. The minimum atomic E-state index is -4.50. The topological polar surface area (TPSA) is 68.5 Å². The Morgan fingerprint density at radius 1 is 1.44 bits per heavy atom. The van der Waals surface area contributed by atoms with Crippen molar-refractivity contribution >= 4 is 16.7 Å². The summed E-state index contributed by atoms with van der Waals surface area (Å²) in [4.78, 5) is 3.35. The number of halogens is 3. The molecule has 0 fully saturated rings. The van der Waals surface area contributed by atoms with Gasteiger partial charge in [0.2, 0.25) is 11.0 Å². The van der Waals surface area contributed by atoms with Gasteiger partial charge in [-0.1, -0.05) is 0 Å². The molecule has 0 spiro atoms. The fraction of sp³-hybridized carbons (Fsp3) is 0.500. The molecule has 0 bridgehead atoms. The summed E-state index contributed by atoms with van der Waals surface area (Å²) in [6, 6.07) is 0. The second-order valence-corrected chi connectivity index (χ2v) is 4.21. The highest BCUT2D eigenvalue weighted by atomic mass is 32.1. The summed E-state index contributed by atoms with van der Waals surface area (Å²) in [6.45, 7) is 0.416. The lowest BCUT2D eigenvalue weighted by Gasteiger charge is -2.01. The maximum absolute atomic E-state index is 12.2. The predicted molar refractivity (Wildman–Crippen MR) is 58.1 cm³/mol. The van der Waals surface area contributed by atoms with Crippen LogP contribution in [0.5, 0.6) is 0 Å². The van der Waals surface area contributed by atoms with Crippen molar-refractivity contribution in [3.63, 3.8) is 0 Å². The van der Waals surface area contributed by atoms with Crippen LogP contribution in [0.25, 0.3) is 0 Å². The molecule has 0 saturated carbocycles. The molecule has 0 atom stereocenters. The maximum Gasteiger partial charge on any atom is 0.452 e. The van der Waals surface area contributed by atoms with Crippen molar-refractivity contribution in [3.8, 4) is 0 Å². The average molecular weight is 278 g/mol. The third-order valence-corrected chi connectivity index (χ3v) is 2.78. The number of alkyl halides is 3. The van der Waals surface area contributed by atoms with Crippen molar-refractivity contribution in [1.29, 1.82) is 0 Å². The first kappa shape index (κ1) is 12.7. The number of rotatable bonds is 4. The molecule has 0 saturated heterocycles. The van der Waals surface area contributed by atoms with Crippen LogP contribution in [0.1, 0.15) is 11.6 Å². The number of nitrogens with zero attached hydrogens (tertiary/aromatic N) is 5. The van der Waals surface area contributed by atoms with E-state index in [2.05, 4.69) is 24.9 Å². The molecule has 0 unspecified atom stereocenters. The van der Waals surface area contributed by atoms with Crippen LogP contribution >= 0.6 is 11.5 Å². The smallest absolute Gasteiger partial charge is 0.360 e. The van der Waals surface area contributed by atoms with Gasteiger partial charge in [-0.25, -0.2) is 0 Å². The van der Waals surface area contributed by atoms with Crippen molar-refractivity contribution in [2.75, 3.05) is 11.9 Å². The summed E-state index contributed by atoms with van der Waals surface area (Å²) in [7, 11) is 1.79. The van der Waals surface area contributed by atoms with Gasteiger partial charge in [-0.15, -0.1) is 10.2 Å². The molecule has 2 aromatic rings. The largest absolute Gasteiger partial charge is 0.452 e. The molecule has 18 heavy (non-hydrogen) atoms. The van der Waals surface area contributed by atoms with Crippen molar-refractivity contribution in [1.82, 2.24) is 24.1 Å². The van der Waals surface area contributed by atoms with Gasteiger partial charge in [-0.3, -0.25) is 0 Å². The van der Waals surface area contributed by atoms with Crippen molar-refractivity contribution in [2.45, 2.75) is 12.6 Å². The Balaban J connectivity index is 1.88. The van der Waals surface area contributed by atoms with E-state index < -0.39 is 12.0 Å². The average Bonchev–Trinajstić information content (AvgIpc) is 2.88. The summed E-state index contributed by atoms with van der Waals surface area (Å²) < 4.78 is 41.7. The minimum Gasteiger partial charge on any atom is -0.360 e. The predicted octanol–water partition coefficient (Wildman–Crippen LogP) is 1.34. The zero-order chi connectivity index (χ0) is 13.2. The molecule has 2 rings (SSSR count). The molecule has 10 heteroatoms.